The molecule has 2 aliphatic rings. The minimum atomic E-state index is -5.25. The maximum absolute atomic E-state index is 14.6. The van der Waals surface area contributed by atoms with Gasteiger partial charge in [-0.05, 0) is 55.7 Å². The van der Waals surface area contributed by atoms with Crippen molar-refractivity contribution < 1.29 is 53.1 Å². The second-order valence-corrected chi connectivity index (χ2v) is 11.8. The number of aryl methyl sites for hydroxylation is 1. The maximum atomic E-state index is 14.6. The number of halogens is 8. The van der Waals surface area contributed by atoms with Crippen LogP contribution in [0.3, 0.4) is 0 Å². The lowest BCUT2D eigenvalue weighted by atomic mass is 10.0. The summed E-state index contributed by atoms with van der Waals surface area (Å²) in [6.45, 7) is -0.202. The number of ketones is 1. The van der Waals surface area contributed by atoms with E-state index in [1.54, 1.807) is 0 Å². The second kappa shape index (κ2) is 11.4. The Hall–Kier alpha value is -2.85. The van der Waals surface area contributed by atoms with Gasteiger partial charge in [-0.1, -0.05) is 0 Å². The topological polar surface area (TPSA) is 79.8 Å². The lowest BCUT2D eigenvalue weighted by Crippen LogP contribution is -2.54. The molecule has 2 fully saturated rings. The molecule has 7 nitrogen and oxygen atoms in total. The Morgan fingerprint density at radius 3 is 2.44 bits per heavy atom. The lowest BCUT2D eigenvalue weighted by molar-refractivity contribution is -0.366. The van der Waals surface area contributed by atoms with Crippen LogP contribution in [0.2, 0.25) is 0 Å². The minimum Gasteiger partial charge on any atom is -0.350 e. The van der Waals surface area contributed by atoms with Gasteiger partial charge in [0.15, 0.2) is 5.78 Å². The fraction of sp³-hybridized carbons (Fsp3) is 0.520. The van der Waals surface area contributed by atoms with Gasteiger partial charge in [0.2, 0.25) is 10.0 Å². The van der Waals surface area contributed by atoms with Crippen molar-refractivity contribution in [3.63, 3.8) is 0 Å². The number of Topliss-reactive ketones (excluding diaryl/α,β-unsaturated/α-hetero) is 1. The molecule has 1 aromatic carbocycles. The number of alkyl halides is 6. The number of aromatic nitrogens is 1. The SMILES string of the molecule is C[C@H]1[C@H](F)C[C@@H](C(=O)CCc2cc(N3CC[C@H](OC(F)(F)F)C(F)(F)C3)ncc2F)N1S(=O)(=O)c1ccc(F)cc1. The number of rotatable bonds is 8. The third-order valence-electron chi connectivity index (χ3n) is 7.14. The van der Waals surface area contributed by atoms with E-state index in [0.717, 1.165) is 39.5 Å². The van der Waals surface area contributed by atoms with Gasteiger partial charge in [0.1, 0.15) is 29.7 Å². The molecule has 2 saturated heterocycles. The molecule has 2 aliphatic heterocycles. The van der Waals surface area contributed by atoms with Crippen LogP contribution < -0.4 is 4.90 Å². The molecular weight excluding hydrogens is 590 g/mol. The molecule has 0 spiro atoms. The molecule has 1 aromatic heterocycles. The molecule has 0 aliphatic carbocycles. The Bertz CT molecular complexity index is 1370. The molecule has 0 N–H and O–H groups in total. The summed E-state index contributed by atoms with van der Waals surface area (Å²) >= 11 is 0. The number of carbonyl (C=O) groups is 1. The predicted molar refractivity (Wildman–Crippen MR) is 128 cm³/mol. The van der Waals surface area contributed by atoms with Crippen LogP contribution >= 0.6 is 0 Å². The van der Waals surface area contributed by atoms with Crippen LogP contribution in [0.5, 0.6) is 0 Å². The van der Waals surface area contributed by atoms with Crippen molar-refractivity contribution in [1.29, 1.82) is 0 Å². The van der Waals surface area contributed by atoms with Crippen LogP contribution in [-0.4, -0.2) is 73.2 Å². The molecule has 4 atom stereocenters. The van der Waals surface area contributed by atoms with E-state index in [4.69, 9.17) is 0 Å². The molecule has 2 aromatic rings. The van der Waals surface area contributed by atoms with Gasteiger partial charge in [0.25, 0.3) is 5.92 Å². The molecule has 0 unspecified atom stereocenters. The minimum absolute atomic E-state index is 0.142. The summed E-state index contributed by atoms with van der Waals surface area (Å²) in [4.78, 5) is 17.5. The highest BCUT2D eigenvalue weighted by Gasteiger charge is 2.51. The van der Waals surface area contributed by atoms with Crippen molar-refractivity contribution in [1.82, 2.24) is 9.29 Å². The van der Waals surface area contributed by atoms with E-state index >= 15 is 0 Å². The Balaban J connectivity index is 1.48. The highest BCUT2D eigenvalue weighted by molar-refractivity contribution is 7.89. The number of carbonyl (C=O) groups excluding carboxylic acids is 1. The first-order valence-electron chi connectivity index (χ1n) is 12.5. The zero-order valence-electron chi connectivity index (χ0n) is 21.4. The number of hydrogen-bond donors (Lipinski definition) is 0. The third kappa shape index (κ3) is 6.80. The Morgan fingerprint density at radius 1 is 1.17 bits per heavy atom. The highest BCUT2D eigenvalue weighted by atomic mass is 32.2. The van der Waals surface area contributed by atoms with Gasteiger partial charge < -0.3 is 4.90 Å². The largest absolute Gasteiger partial charge is 0.522 e. The molecule has 3 heterocycles. The standard InChI is InChI=1S/C25H25F8N3O4S/c1-14-18(27)11-20(36(14)41(38,39)17-5-3-16(26)4-6-17)21(37)7-2-15-10-23(34-12-19(15)28)35-9-8-22(24(29,30)13-35)40-25(31,32)33/h3-6,10,12,14,18,20,22H,2,7-9,11,13H2,1H3/t14-,18+,20-,22-/m0/s1. The fourth-order valence-corrected chi connectivity index (χ4v) is 6.86. The molecular formula is C25H25F8N3O4S. The molecule has 0 saturated carbocycles. The Kier molecular flexibility index (Phi) is 8.67. The average Bonchev–Trinajstić information content (AvgIpc) is 3.18. The molecule has 0 radical (unpaired) electrons. The smallest absolute Gasteiger partial charge is 0.350 e. The van der Waals surface area contributed by atoms with Crippen molar-refractivity contribution in [2.75, 3.05) is 18.0 Å². The first-order chi connectivity index (χ1) is 19.0. The van der Waals surface area contributed by atoms with E-state index in [9.17, 15) is 48.3 Å². The Morgan fingerprint density at radius 2 is 1.83 bits per heavy atom. The fourth-order valence-electron chi connectivity index (χ4n) is 5.02. The van der Waals surface area contributed by atoms with Gasteiger partial charge in [-0.3, -0.25) is 9.53 Å². The van der Waals surface area contributed by atoms with E-state index in [1.165, 1.54) is 6.92 Å². The van der Waals surface area contributed by atoms with Crippen molar-refractivity contribution in [3.8, 4) is 0 Å². The molecule has 16 heteroatoms. The molecule has 0 bridgehead atoms. The predicted octanol–water partition coefficient (Wildman–Crippen LogP) is 4.80. The number of ether oxygens (including phenoxy) is 1. The second-order valence-electron chi connectivity index (χ2n) is 9.92. The number of sulfonamides is 1. The summed E-state index contributed by atoms with van der Waals surface area (Å²) in [6.07, 6.45) is -10.5. The maximum Gasteiger partial charge on any atom is 0.522 e. The van der Waals surface area contributed by atoms with Gasteiger partial charge >= 0.3 is 6.36 Å². The zero-order chi connectivity index (χ0) is 30.3. The summed E-state index contributed by atoms with van der Waals surface area (Å²) in [5, 5.41) is 0. The van der Waals surface area contributed by atoms with Gasteiger partial charge in [0, 0.05) is 19.4 Å². The zero-order valence-corrected chi connectivity index (χ0v) is 22.2. The van der Waals surface area contributed by atoms with E-state index in [0.29, 0.717) is 6.20 Å². The van der Waals surface area contributed by atoms with Crippen LogP contribution in [0, 0.1) is 11.6 Å². The lowest BCUT2D eigenvalue weighted by Gasteiger charge is -2.38. The average molecular weight is 616 g/mol. The monoisotopic (exact) mass is 615 g/mol. The third-order valence-corrected chi connectivity index (χ3v) is 9.15. The number of hydrogen-bond acceptors (Lipinski definition) is 6. The number of benzene rings is 1. The molecule has 226 valence electrons. The van der Waals surface area contributed by atoms with Crippen LogP contribution in [0.4, 0.5) is 40.9 Å². The summed E-state index contributed by atoms with van der Waals surface area (Å²) in [5.74, 6) is -6.39. The first kappa shape index (κ1) is 31.1. The van der Waals surface area contributed by atoms with Crippen molar-refractivity contribution in [2.45, 2.75) is 74.1 Å². The quantitative estimate of drug-likeness (QED) is 0.397. The number of piperidine rings is 1. The summed E-state index contributed by atoms with van der Waals surface area (Å²) < 4.78 is 139. The van der Waals surface area contributed by atoms with Gasteiger partial charge in [0.05, 0.1) is 29.7 Å². The number of anilines is 1. The molecule has 4 rings (SSSR count). The first-order valence-corrected chi connectivity index (χ1v) is 13.9. The molecule has 0 amide bonds. The van der Waals surface area contributed by atoms with Crippen molar-refractivity contribution in [2.24, 2.45) is 0 Å². The number of nitrogens with zero attached hydrogens (tertiary/aromatic N) is 3. The van der Waals surface area contributed by atoms with Crippen LogP contribution in [-0.2, 0) is 26.0 Å². The Labute approximate surface area is 230 Å². The van der Waals surface area contributed by atoms with Crippen LogP contribution in [0.15, 0.2) is 41.4 Å². The summed E-state index contributed by atoms with van der Waals surface area (Å²) in [5.41, 5.74) is -0.142. The van der Waals surface area contributed by atoms with E-state index in [1.807, 2.05) is 0 Å². The van der Waals surface area contributed by atoms with Crippen LogP contribution in [0.1, 0.15) is 31.7 Å². The van der Waals surface area contributed by atoms with Gasteiger partial charge in [-0.2, -0.15) is 4.31 Å². The molecule has 41 heavy (non-hydrogen) atoms. The highest BCUT2D eigenvalue weighted by Crippen LogP contribution is 2.37. The van der Waals surface area contributed by atoms with Crippen molar-refractivity contribution in [3.05, 3.63) is 53.7 Å². The summed E-state index contributed by atoms with van der Waals surface area (Å²) in [7, 11) is -4.41. The van der Waals surface area contributed by atoms with Gasteiger partial charge in [-0.15, -0.1) is 13.2 Å². The number of pyridine rings is 1. The van der Waals surface area contributed by atoms with E-state index < -0.39 is 89.9 Å². The normalized spacial score (nSPS) is 25.4. The van der Waals surface area contributed by atoms with E-state index in [-0.39, 0.29) is 29.2 Å². The van der Waals surface area contributed by atoms with Crippen molar-refractivity contribution >= 4 is 21.6 Å². The van der Waals surface area contributed by atoms with Gasteiger partial charge in [-0.25, -0.2) is 35.4 Å². The summed E-state index contributed by atoms with van der Waals surface area (Å²) in [6, 6.07) is 2.22. The van der Waals surface area contributed by atoms with Crippen LogP contribution in [0.25, 0.3) is 0 Å². The van der Waals surface area contributed by atoms with E-state index in [2.05, 4.69) is 9.72 Å².